The number of carbonyl (C=O) groups excluding carboxylic acids is 2. The first-order chi connectivity index (χ1) is 16.6. The van der Waals surface area contributed by atoms with Gasteiger partial charge in [0.1, 0.15) is 17.0 Å². The van der Waals surface area contributed by atoms with E-state index in [9.17, 15) is 18.8 Å². The van der Waals surface area contributed by atoms with E-state index in [4.69, 9.17) is 0 Å². The lowest BCUT2D eigenvalue weighted by atomic mass is 9.88. The summed E-state index contributed by atoms with van der Waals surface area (Å²) in [4.78, 5) is 39.1. The van der Waals surface area contributed by atoms with Gasteiger partial charge in [-0.25, -0.2) is 4.39 Å². The second-order valence-corrected chi connectivity index (χ2v) is 10.9. The number of aromatic nitrogens is 1. The molecule has 1 amide bonds. The molecule has 2 aromatic carbocycles. The predicted molar refractivity (Wildman–Crippen MR) is 137 cm³/mol. The Morgan fingerprint density at radius 1 is 1.17 bits per heavy atom. The van der Waals surface area contributed by atoms with Gasteiger partial charge in [-0.15, -0.1) is 11.3 Å². The number of aryl methyl sites for hydroxylation is 1. The molecule has 35 heavy (non-hydrogen) atoms. The molecular formula is C28H29FN2O3S. The Kier molecular flexibility index (Phi) is 7.17. The Labute approximate surface area is 207 Å². The Morgan fingerprint density at radius 3 is 2.69 bits per heavy atom. The second-order valence-electron chi connectivity index (χ2n) is 9.86. The number of benzene rings is 2. The number of nitrogens with zero attached hydrogens (tertiary/aromatic N) is 1. The van der Waals surface area contributed by atoms with Gasteiger partial charge in [0.15, 0.2) is 5.78 Å². The first kappa shape index (κ1) is 24.8. The van der Waals surface area contributed by atoms with Gasteiger partial charge in [0.05, 0.1) is 10.6 Å². The summed E-state index contributed by atoms with van der Waals surface area (Å²) < 4.78 is 15.7. The number of amides is 1. The van der Waals surface area contributed by atoms with E-state index < -0.39 is 11.2 Å². The summed E-state index contributed by atoms with van der Waals surface area (Å²) in [7, 11) is 0. The Hall–Kier alpha value is -3.32. The van der Waals surface area contributed by atoms with Gasteiger partial charge in [0.2, 0.25) is 5.91 Å². The van der Waals surface area contributed by atoms with Crippen molar-refractivity contribution in [1.29, 1.82) is 0 Å². The van der Waals surface area contributed by atoms with Gasteiger partial charge in [-0.1, -0.05) is 57.2 Å². The first-order valence-corrected chi connectivity index (χ1v) is 12.5. The quantitative estimate of drug-likeness (QED) is 0.593. The van der Waals surface area contributed by atoms with Crippen molar-refractivity contribution in [1.82, 2.24) is 9.88 Å². The van der Waals surface area contributed by atoms with Crippen LogP contribution in [0.5, 0.6) is 0 Å². The van der Waals surface area contributed by atoms with Crippen molar-refractivity contribution < 1.29 is 14.0 Å². The number of ketones is 1. The minimum Gasteiger partial charge on any atom is -0.348 e. The van der Waals surface area contributed by atoms with E-state index in [1.807, 2.05) is 18.2 Å². The number of halogens is 1. The molecule has 0 radical (unpaired) electrons. The maximum absolute atomic E-state index is 13.7. The lowest BCUT2D eigenvalue weighted by Crippen LogP contribution is -2.40. The molecule has 1 aliphatic rings. The number of rotatable bonds is 5. The summed E-state index contributed by atoms with van der Waals surface area (Å²) in [6.45, 7) is 5.20. The third-order valence-corrected chi connectivity index (χ3v) is 7.14. The monoisotopic (exact) mass is 492 g/mol. The minimum absolute atomic E-state index is 0.108. The number of hydrogen-bond donors (Lipinski definition) is 1. The molecule has 1 aliphatic carbocycles. The fourth-order valence-corrected chi connectivity index (χ4v) is 5.20. The average molecular weight is 493 g/mol. The third kappa shape index (κ3) is 5.85. The van der Waals surface area contributed by atoms with Crippen LogP contribution in [0.25, 0.3) is 12.2 Å². The number of thiazole rings is 1. The van der Waals surface area contributed by atoms with Crippen molar-refractivity contribution in [3.8, 4) is 0 Å². The maximum Gasteiger partial charge on any atom is 0.269 e. The fraction of sp³-hybridized carbons (Fsp3) is 0.321. The van der Waals surface area contributed by atoms with E-state index in [0.717, 1.165) is 36.2 Å². The number of carbonyl (C=O) groups is 2. The lowest BCUT2D eigenvalue weighted by Gasteiger charge is -2.26. The largest absolute Gasteiger partial charge is 0.348 e. The fourth-order valence-electron chi connectivity index (χ4n) is 4.16. The van der Waals surface area contributed by atoms with Gasteiger partial charge >= 0.3 is 0 Å². The maximum atomic E-state index is 13.7. The zero-order valence-electron chi connectivity index (χ0n) is 20.1. The van der Waals surface area contributed by atoms with Crippen LogP contribution in [0.2, 0.25) is 0 Å². The molecular weight excluding hydrogens is 463 g/mol. The van der Waals surface area contributed by atoms with Crippen LogP contribution in [-0.4, -0.2) is 16.3 Å². The molecule has 1 aromatic heterocycles. The van der Waals surface area contributed by atoms with Gasteiger partial charge < -0.3 is 5.32 Å². The van der Waals surface area contributed by atoms with E-state index in [1.165, 1.54) is 28.3 Å². The van der Waals surface area contributed by atoms with Crippen LogP contribution in [0.1, 0.15) is 56.3 Å². The molecule has 0 saturated heterocycles. The van der Waals surface area contributed by atoms with Crippen molar-refractivity contribution in [2.24, 2.45) is 5.41 Å². The standard InChI is InChI=1S/C28H29FN2O3S/c1-28(2,3)24(32)16-26-31(27(34)23(35-26)15-18-8-6-11-20(29)14-18)17-25(33)30-22-13-7-10-19-9-4-5-12-21(19)22/h4-6,8-9,11-12,14-16,22H,7,10,13,17H2,1-3H3,(H,30,33)/b23-15?,26-16-/t22-/m1/s1. The SMILES string of the molecule is CC(C)(C)C(=O)/C=c1\sc(=Cc2cccc(F)c2)c(=O)n1CC(=O)N[C@@H]1CCCc2ccccc21. The van der Waals surface area contributed by atoms with Crippen LogP contribution in [-0.2, 0) is 22.6 Å². The van der Waals surface area contributed by atoms with Gasteiger partial charge in [0.25, 0.3) is 5.56 Å². The average Bonchev–Trinajstić information content (AvgIpc) is 3.07. The highest BCUT2D eigenvalue weighted by molar-refractivity contribution is 7.07. The van der Waals surface area contributed by atoms with Crippen LogP contribution in [0, 0.1) is 11.2 Å². The number of Topliss-reactive ketones (excluding diaryl/α,β-unsaturated/α-hetero) is 1. The van der Waals surface area contributed by atoms with Gasteiger partial charge in [-0.2, -0.15) is 0 Å². The molecule has 0 aliphatic heterocycles. The highest BCUT2D eigenvalue weighted by atomic mass is 32.1. The van der Waals surface area contributed by atoms with Gasteiger partial charge in [-0.05, 0) is 54.2 Å². The molecule has 1 atom stereocenters. The van der Waals surface area contributed by atoms with Crippen molar-refractivity contribution in [2.75, 3.05) is 0 Å². The first-order valence-electron chi connectivity index (χ1n) is 11.7. The van der Waals surface area contributed by atoms with Crippen LogP contribution in [0.3, 0.4) is 0 Å². The number of hydrogen-bond acceptors (Lipinski definition) is 4. The predicted octanol–water partition coefficient (Wildman–Crippen LogP) is 3.47. The molecule has 0 unspecified atom stereocenters. The highest BCUT2D eigenvalue weighted by Gasteiger charge is 2.23. The number of nitrogens with one attached hydrogen (secondary N) is 1. The van der Waals surface area contributed by atoms with E-state index in [0.29, 0.717) is 14.8 Å². The molecule has 0 bridgehead atoms. The summed E-state index contributed by atoms with van der Waals surface area (Å²) in [5.41, 5.74) is 1.86. The topological polar surface area (TPSA) is 68.2 Å². The van der Waals surface area contributed by atoms with Crippen LogP contribution in [0.15, 0.2) is 53.3 Å². The minimum atomic E-state index is -0.634. The molecule has 0 spiro atoms. The summed E-state index contributed by atoms with van der Waals surface area (Å²) in [5.74, 6) is -0.842. The summed E-state index contributed by atoms with van der Waals surface area (Å²) in [6.07, 6.45) is 5.81. The molecule has 1 heterocycles. The second kappa shape index (κ2) is 10.1. The summed E-state index contributed by atoms with van der Waals surface area (Å²) >= 11 is 1.12. The Morgan fingerprint density at radius 2 is 1.94 bits per heavy atom. The molecule has 3 aromatic rings. The molecule has 182 valence electrons. The van der Waals surface area contributed by atoms with Crippen molar-refractivity contribution >= 4 is 35.2 Å². The summed E-state index contributed by atoms with van der Waals surface area (Å²) in [5, 5.41) is 3.08. The van der Waals surface area contributed by atoms with Crippen LogP contribution >= 0.6 is 11.3 Å². The molecule has 4 rings (SSSR count). The Balaban J connectivity index is 1.70. The zero-order valence-corrected chi connectivity index (χ0v) is 21.0. The Bertz CT molecular complexity index is 1450. The molecule has 7 heteroatoms. The normalized spacial score (nSPS) is 16.7. The highest BCUT2D eigenvalue weighted by Crippen LogP contribution is 2.29. The zero-order chi connectivity index (χ0) is 25.2. The summed E-state index contributed by atoms with van der Waals surface area (Å²) in [6, 6.07) is 13.9. The van der Waals surface area contributed by atoms with Gasteiger partial charge in [-0.3, -0.25) is 19.0 Å². The van der Waals surface area contributed by atoms with Crippen molar-refractivity contribution in [3.63, 3.8) is 0 Å². The third-order valence-electron chi connectivity index (χ3n) is 6.08. The van der Waals surface area contributed by atoms with E-state index in [1.54, 1.807) is 39.0 Å². The van der Waals surface area contributed by atoms with E-state index >= 15 is 0 Å². The van der Waals surface area contributed by atoms with Crippen LogP contribution in [0.4, 0.5) is 4.39 Å². The number of fused-ring (bicyclic) bond motifs is 1. The van der Waals surface area contributed by atoms with Crippen molar-refractivity contribution in [2.45, 2.75) is 52.6 Å². The molecule has 0 saturated carbocycles. The van der Waals surface area contributed by atoms with E-state index in [2.05, 4.69) is 11.4 Å². The molecule has 5 nitrogen and oxygen atoms in total. The molecule has 0 fully saturated rings. The van der Waals surface area contributed by atoms with Crippen LogP contribution < -0.4 is 20.1 Å². The lowest BCUT2D eigenvalue weighted by molar-refractivity contribution is -0.123. The van der Waals surface area contributed by atoms with Gasteiger partial charge in [0, 0.05) is 11.5 Å². The van der Waals surface area contributed by atoms with Crippen molar-refractivity contribution in [3.05, 3.63) is 90.6 Å². The smallest absolute Gasteiger partial charge is 0.269 e. The molecule has 1 N–H and O–H groups in total. The van der Waals surface area contributed by atoms with E-state index in [-0.39, 0.29) is 29.8 Å².